The number of nitrogens with two attached hydrogens (primary N) is 1. The van der Waals surface area contributed by atoms with Crippen molar-refractivity contribution in [1.29, 1.82) is 0 Å². The van der Waals surface area contributed by atoms with Gasteiger partial charge in [0.1, 0.15) is 11.6 Å². The van der Waals surface area contributed by atoms with Crippen LogP contribution >= 0.6 is 0 Å². The van der Waals surface area contributed by atoms with Gasteiger partial charge in [-0.25, -0.2) is 15.0 Å². The van der Waals surface area contributed by atoms with Crippen LogP contribution in [0.1, 0.15) is 41.9 Å². The van der Waals surface area contributed by atoms with E-state index in [4.69, 9.17) is 5.73 Å². The zero-order valence-electron chi connectivity index (χ0n) is 12.5. The maximum atomic E-state index is 12.1. The molecule has 0 fully saturated rings. The van der Waals surface area contributed by atoms with Crippen LogP contribution in [0.15, 0.2) is 18.6 Å². The third-order valence-electron chi connectivity index (χ3n) is 3.12. The van der Waals surface area contributed by atoms with Crippen molar-refractivity contribution in [2.75, 3.05) is 12.3 Å². The number of rotatable bonds is 5. The molecule has 2 rings (SSSR count). The molecule has 21 heavy (non-hydrogen) atoms. The van der Waals surface area contributed by atoms with Gasteiger partial charge in [-0.1, -0.05) is 13.8 Å². The first-order valence-corrected chi connectivity index (χ1v) is 6.86. The third-order valence-corrected chi connectivity index (χ3v) is 3.12. The lowest BCUT2D eigenvalue weighted by Gasteiger charge is -2.09. The van der Waals surface area contributed by atoms with E-state index in [-0.39, 0.29) is 23.2 Å². The normalized spacial score (nSPS) is 10.9. The molecule has 0 aliphatic heterocycles. The lowest BCUT2D eigenvalue weighted by molar-refractivity contribution is 0.0949. The maximum absolute atomic E-state index is 12.1. The third kappa shape index (κ3) is 3.56. The van der Waals surface area contributed by atoms with E-state index in [0.717, 1.165) is 5.82 Å². The van der Waals surface area contributed by atoms with Crippen LogP contribution in [0, 0.1) is 0 Å². The summed E-state index contributed by atoms with van der Waals surface area (Å²) in [6, 6.07) is 0. The monoisotopic (exact) mass is 288 g/mol. The standard InChI is InChI=1S/C14H20N6O/c1-9(2)13-18-8-10(15)12(19-13)14(21)17-5-4-11-16-6-7-20(11)3/h6-9H,4-5,15H2,1-3H3,(H,17,21). The van der Waals surface area contributed by atoms with Gasteiger partial charge in [-0.2, -0.15) is 0 Å². The van der Waals surface area contributed by atoms with Crippen LogP contribution < -0.4 is 11.1 Å². The molecule has 0 aromatic carbocycles. The van der Waals surface area contributed by atoms with Gasteiger partial charge in [0.2, 0.25) is 0 Å². The number of aryl methyl sites for hydroxylation is 1. The molecule has 0 aliphatic carbocycles. The predicted octanol–water partition coefficient (Wildman–Crippen LogP) is 0.888. The van der Waals surface area contributed by atoms with E-state index in [1.165, 1.54) is 6.20 Å². The average molecular weight is 288 g/mol. The summed E-state index contributed by atoms with van der Waals surface area (Å²) in [7, 11) is 1.92. The van der Waals surface area contributed by atoms with Crippen LogP contribution in [0.25, 0.3) is 0 Å². The molecule has 0 aliphatic rings. The Morgan fingerprint density at radius 2 is 2.19 bits per heavy atom. The first kappa shape index (κ1) is 15.0. The van der Waals surface area contributed by atoms with Gasteiger partial charge in [-0.3, -0.25) is 4.79 Å². The fourth-order valence-electron chi connectivity index (χ4n) is 1.87. The van der Waals surface area contributed by atoms with E-state index in [9.17, 15) is 4.79 Å². The number of nitrogen functional groups attached to an aromatic ring is 1. The second-order valence-corrected chi connectivity index (χ2v) is 5.15. The Hall–Kier alpha value is -2.44. The quantitative estimate of drug-likeness (QED) is 0.851. The summed E-state index contributed by atoms with van der Waals surface area (Å²) in [5.74, 6) is 1.38. The minimum Gasteiger partial charge on any atom is -0.396 e. The number of amides is 1. The van der Waals surface area contributed by atoms with Crippen molar-refractivity contribution in [3.8, 4) is 0 Å². The van der Waals surface area contributed by atoms with E-state index >= 15 is 0 Å². The maximum Gasteiger partial charge on any atom is 0.272 e. The van der Waals surface area contributed by atoms with Crippen LogP contribution in [-0.2, 0) is 13.5 Å². The summed E-state index contributed by atoms with van der Waals surface area (Å²) in [4.78, 5) is 24.7. The van der Waals surface area contributed by atoms with Crippen molar-refractivity contribution >= 4 is 11.6 Å². The van der Waals surface area contributed by atoms with Crippen LogP contribution in [0.5, 0.6) is 0 Å². The lowest BCUT2D eigenvalue weighted by atomic mass is 10.2. The van der Waals surface area contributed by atoms with Crippen molar-refractivity contribution in [3.63, 3.8) is 0 Å². The number of anilines is 1. The molecular weight excluding hydrogens is 268 g/mol. The van der Waals surface area contributed by atoms with E-state index < -0.39 is 0 Å². The Morgan fingerprint density at radius 3 is 2.81 bits per heavy atom. The number of carbonyl (C=O) groups excluding carboxylic acids is 1. The van der Waals surface area contributed by atoms with Gasteiger partial charge in [-0.15, -0.1) is 0 Å². The summed E-state index contributed by atoms with van der Waals surface area (Å²) >= 11 is 0. The molecule has 0 saturated carbocycles. The molecule has 2 aromatic heterocycles. The smallest absolute Gasteiger partial charge is 0.272 e. The summed E-state index contributed by atoms with van der Waals surface area (Å²) in [6.45, 7) is 4.41. The van der Waals surface area contributed by atoms with Crippen molar-refractivity contribution in [3.05, 3.63) is 35.9 Å². The average Bonchev–Trinajstić information content (AvgIpc) is 2.84. The molecule has 7 heteroatoms. The van der Waals surface area contributed by atoms with Gasteiger partial charge < -0.3 is 15.6 Å². The van der Waals surface area contributed by atoms with Crippen molar-refractivity contribution < 1.29 is 4.79 Å². The zero-order valence-corrected chi connectivity index (χ0v) is 12.5. The van der Waals surface area contributed by atoms with Crippen LogP contribution in [0.4, 0.5) is 5.69 Å². The minimum atomic E-state index is -0.286. The van der Waals surface area contributed by atoms with Gasteiger partial charge in [0, 0.05) is 38.3 Å². The number of hydrogen-bond donors (Lipinski definition) is 2. The first-order valence-electron chi connectivity index (χ1n) is 6.86. The second kappa shape index (κ2) is 6.34. The van der Waals surface area contributed by atoms with Crippen molar-refractivity contribution in [2.45, 2.75) is 26.2 Å². The molecule has 3 N–H and O–H groups in total. The fourth-order valence-corrected chi connectivity index (χ4v) is 1.87. The first-order chi connectivity index (χ1) is 9.99. The molecule has 7 nitrogen and oxygen atoms in total. The fraction of sp³-hybridized carbons (Fsp3) is 0.429. The highest BCUT2D eigenvalue weighted by Crippen LogP contribution is 2.13. The number of hydrogen-bond acceptors (Lipinski definition) is 5. The van der Waals surface area contributed by atoms with Gasteiger partial charge >= 0.3 is 0 Å². The molecule has 1 amide bonds. The molecule has 2 aromatic rings. The molecule has 0 unspecified atom stereocenters. The Bertz CT molecular complexity index is 634. The van der Waals surface area contributed by atoms with Crippen molar-refractivity contribution in [2.24, 2.45) is 7.05 Å². The molecule has 0 bridgehead atoms. The minimum absolute atomic E-state index is 0.143. The number of aromatic nitrogens is 4. The summed E-state index contributed by atoms with van der Waals surface area (Å²) in [6.07, 6.45) is 5.73. The molecule has 2 heterocycles. The van der Waals surface area contributed by atoms with E-state index in [1.807, 2.05) is 31.7 Å². The molecule has 0 atom stereocenters. The Morgan fingerprint density at radius 1 is 1.43 bits per heavy atom. The number of carbonyl (C=O) groups is 1. The second-order valence-electron chi connectivity index (χ2n) is 5.15. The summed E-state index contributed by atoms with van der Waals surface area (Å²) in [5.41, 5.74) is 6.29. The lowest BCUT2D eigenvalue weighted by Crippen LogP contribution is -2.28. The number of nitrogens with one attached hydrogen (secondary N) is 1. The highest BCUT2D eigenvalue weighted by molar-refractivity contribution is 5.96. The molecule has 112 valence electrons. The van der Waals surface area contributed by atoms with E-state index in [1.54, 1.807) is 6.20 Å². The van der Waals surface area contributed by atoms with Crippen LogP contribution in [0.3, 0.4) is 0 Å². The molecular formula is C14H20N6O. The van der Waals surface area contributed by atoms with Gasteiger partial charge in [0.15, 0.2) is 5.69 Å². The van der Waals surface area contributed by atoms with Crippen LogP contribution in [-0.4, -0.2) is 32.0 Å². The largest absolute Gasteiger partial charge is 0.396 e. The highest BCUT2D eigenvalue weighted by atomic mass is 16.1. The molecule has 0 radical (unpaired) electrons. The van der Waals surface area contributed by atoms with Gasteiger partial charge in [-0.05, 0) is 0 Å². The molecule has 0 saturated heterocycles. The topological polar surface area (TPSA) is 98.7 Å². The Balaban J connectivity index is 2.00. The Labute approximate surface area is 123 Å². The predicted molar refractivity (Wildman–Crippen MR) is 79.8 cm³/mol. The number of nitrogens with zero attached hydrogens (tertiary/aromatic N) is 4. The van der Waals surface area contributed by atoms with Crippen molar-refractivity contribution in [1.82, 2.24) is 24.8 Å². The van der Waals surface area contributed by atoms with Gasteiger partial charge in [0.05, 0.1) is 11.9 Å². The SMILES string of the molecule is CC(C)c1ncc(N)c(C(=O)NCCc2nccn2C)n1. The van der Waals surface area contributed by atoms with Crippen LogP contribution in [0.2, 0.25) is 0 Å². The van der Waals surface area contributed by atoms with E-state index in [2.05, 4.69) is 20.3 Å². The van der Waals surface area contributed by atoms with Gasteiger partial charge in [0.25, 0.3) is 5.91 Å². The zero-order chi connectivity index (χ0) is 15.4. The van der Waals surface area contributed by atoms with E-state index in [0.29, 0.717) is 18.8 Å². The molecule has 0 spiro atoms. The summed E-state index contributed by atoms with van der Waals surface area (Å²) in [5, 5.41) is 2.81. The summed E-state index contributed by atoms with van der Waals surface area (Å²) < 4.78 is 1.92. The number of imidazole rings is 1. The highest BCUT2D eigenvalue weighted by Gasteiger charge is 2.14. The Kier molecular flexibility index (Phi) is 4.52.